The van der Waals surface area contributed by atoms with Crippen LogP contribution in [0.2, 0.25) is 0 Å². The Morgan fingerprint density at radius 2 is 2.08 bits per heavy atom. The molecule has 1 spiro atoms. The third-order valence-corrected chi connectivity index (χ3v) is 5.88. The molecule has 2 fully saturated rings. The summed E-state index contributed by atoms with van der Waals surface area (Å²) in [6, 6.07) is 0.578. The lowest BCUT2D eigenvalue weighted by molar-refractivity contribution is -0.184. The first kappa shape index (κ1) is 17.8. The second kappa shape index (κ2) is 7.93. The zero-order chi connectivity index (χ0) is 17.0. The Balaban J connectivity index is 1.74. The van der Waals surface area contributed by atoms with Gasteiger partial charge in [-0.05, 0) is 39.2 Å². The maximum Gasteiger partial charge on any atom is 0.240 e. The molecule has 0 saturated heterocycles. The molecule has 136 valence electrons. The van der Waals surface area contributed by atoms with Crippen LogP contribution in [0.25, 0.3) is 0 Å². The van der Waals surface area contributed by atoms with Gasteiger partial charge in [-0.2, -0.15) is 4.98 Å². The number of ether oxygens (including phenoxy) is 1. The monoisotopic (exact) mass is 336 g/mol. The molecule has 2 atom stereocenters. The van der Waals surface area contributed by atoms with E-state index in [0.29, 0.717) is 30.0 Å². The Hall–Kier alpha value is -0.980. The smallest absolute Gasteiger partial charge is 0.240 e. The normalized spacial score (nSPS) is 26.0. The predicted molar refractivity (Wildman–Crippen MR) is 92.2 cm³/mol. The molecule has 1 aromatic heterocycles. The molecule has 2 saturated carbocycles. The van der Waals surface area contributed by atoms with E-state index >= 15 is 0 Å². The van der Waals surface area contributed by atoms with E-state index in [0.717, 1.165) is 38.4 Å². The van der Waals surface area contributed by atoms with E-state index in [2.05, 4.69) is 28.9 Å². The first-order valence-corrected chi connectivity index (χ1v) is 9.60. The Bertz CT molecular complexity index is 513. The Morgan fingerprint density at radius 3 is 2.71 bits per heavy atom. The number of hydrogen-bond acceptors (Lipinski definition) is 6. The molecule has 2 aliphatic rings. The van der Waals surface area contributed by atoms with E-state index in [-0.39, 0.29) is 0 Å². The van der Waals surface area contributed by atoms with Gasteiger partial charge in [0.25, 0.3) is 0 Å². The fraction of sp³-hybridized carbons (Fsp3) is 0.889. The molecule has 0 aromatic carbocycles. The van der Waals surface area contributed by atoms with Crippen LogP contribution < -0.4 is 5.73 Å². The van der Waals surface area contributed by atoms with Crippen LogP contribution in [0.15, 0.2) is 4.52 Å². The largest absolute Gasteiger partial charge is 0.378 e. The third-order valence-electron chi connectivity index (χ3n) is 5.88. The van der Waals surface area contributed by atoms with Gasteiger partial charge in [0.05, 0.1) is 19.2 Å². The average Bonchev–Trinajstić information content (AvgIpc) is 3.06. The number of nitrogens with zero attached hydrogens (tertiary/aromatic N) is 3. The lowest BCUT2D eigenvalue weighted by atomic mass is 9.54. The summed E-state index contributed by atoms with van der Waals surface area (Å²) in [6.07, 6.45) is 9.32. The summed E-state index contributed by atoms with van der Waals surface area (Å²) in [5.74, 6) is 1.28. The summed E-state index contributed by atoms with van der Waals surface area (Å²) in [5.41, 5.74) is 5.92. The van der Waals surface area contributed by atoms with Crippen LogP contribution in [0, 0.1) is 5.41 Å². The van der Waals surface area contributed by atoms with Crippen molar-refractivity contribution in [3.05, 3.63) is 11.7 Å². The van der Waals surface area contributed by atoms with E-state index < -0.39 is 0 Å². The van der Waals surface area contributed by atoms with Crippen LogP contribution in [0.5, 0.6) is 0 Å². The zero-order valence-electron chi connectivity index (χ0n) is 15.2. The van der Waals surface area contributed by atoms with E-state index in [4.69, 9.17) is 15.0 Å². The van der Waals surface area contributed by atoms with Crippen LogP contribution in [0.4, 0.5) is 0 Å². The van der Waals surface area contributed by atoms with Gasteiger partial charge in [0.2, 0.25) is 5.89 Å². The van der Waals surface area contributed by atoms with Gasteiger partial charge in [0, 0.05) is 18.1 Å². The van der Waals surface area contributed by atoms with Gasteiger partial charge in [-0.15, -0.1) is 0 Å². The van der Waals surface area contributed by atoms with Gasteiger partial charge < -0.3 is 15.0 Å². The van der Waals surface area contributed by atoms with Gasteiger partial charge in [0.15, 0.2) is 5.82 Å². The SMILES string of the molecule is CCCN(Cc1noc(CN)n1)C1CC(OCC)C12CCCCC2. The molecule has 0 bridgehead atoms. The molecule has 6 nitrogen and oxygen atoms in total. The Morgan fingerprint density at radius 1 is 1.29 bits per heavy atom. The van der Waals surface area contributed by atoms with Crippen molar-refractivity contribution in [2.75, 3.05) is 13.2 Å². The van der Waals surface area contributed by atoms with Crippen molar-refractivity contribution in [1.29, 1.82) is 0 Å². The summed E-state index contributed by atoms with van der Waals surface area (Å²) >= 11 is 0. The summed E-state index contributed by atoms with van der Waals surface area (Å²) in [7, 11) is 0. The van der Waals surface area contributed by atoms with Crippen LogP contribution >= 0.6 is 0 Å². The van der Waals surface area contributed by atoms with Gasteiger partial charge in [-0.3, -0.25) is 4.90 Å². The topological polar surface area (TPSA) is 77.4 Å². The number of hydrogen-bond donors (Lipinski definition) is 1. The average molecular weight is 336 g/mol. The minimum atomic E-state index is 0.306. The fourth-order valence-electron chi connectivity index (χ4n) is 4.79. The standard InChI is InChI=1S/C18H32N4O2/c1-3-10-22(13-16-20-17(12-19)24-21-16)14-11-15(23-4-2)18(14)8-6-5-7-9-18/h14-15H,3-13,19H2,1-2H3. The first-order chi connectivity index (χ1) is 11.7. The second-order valence-corrected chi connectivity index (χ2v) is 7.27. The van der Waals surface area contributed by atoms with E-state index in [1.807, 2.05) is 0 Å². The van der Waals surface area contributed by atoms with Gasteiger partial charge in [-0.1, -0.05) is 31.3 Å². The number of rotatable bonds is 8. The summed E-state index contributed by atoms with van der Waals surface area (Å²) in [4.78, 5) is 6.97. The van der Waals surface area contributed by atoms with E-state index in [1.54, 1.807) is 0 Å². The molecule has 2 aliphatic carbocycles. The highest BCUT2D eigenvalue weighted by molar-refractivity contribution is 5.10. The lowest BCUT2D eigenvalue weighted by Crippen LogP contribution is -2.65. The first-order valence-electron chi connectivity index (χ1n) is 9.60. The molecule has 6 heteroatoms. The highest BCUT2D eigenvalue weighted by atomic mass is 16.5. The van der Waals surface area contributed by atoms with Gasteiger partial charge >= 0.3 is 0 Å². The van der Waals surface area contributed by atoms with Crippen molar-refractivity contribution in [2.45, 2.75) is 84.0 Å². The highest BCUT2D eigenvalue weighted by Crippen LogP contribution is 2.55. The summed E-state index contributed by atoms with van der Waals surface area (Å²) < 4.78 is 11.3. The molecule has 0 amide bonds. The quantitative estimate of drug-likeness (QED) is 0.786. The molecule has 3 rings (SSSR count). The van der Waals surface area contributed by atoms with Crippen molar-refractivity contribution in [3.63, 3.8) is 0 Å². The van der Waals surface area contributed by atoms with Crippen LogP contribution in [-0.4, -0.2) is 40.3 Å². The highest BCUT2D eigenvalue weighted by Gasteiger charge is 2.57. The van der Waals surface area contributed by atoms with Crippen LogP contribution in [0.1, 0.15) is 70.5 Å². The minimum Gasteiger partial charge on any atom is -0.378 e. The molecular weight excluding hydrogens is 304 g/mol. The molecule has 2 N–H and O–H groups in total. The van der Waals surface area contributed by atoms with Crippen molar-refractivity contribution < 1.29 is 9.26 Å². The fourth-order valence-corrected chi connectivity index (χ4v) is 4.79. The molecule has 1 aromatic rings. The Kier molecular flexibility index (Phi) is 5.89. The van der Waals surface area contributed by atoms with Crippen molar-refractivity contribution in [1.82, 2.24) is 15.0 Å². The molecule has 24 heavy (non-hydrogen) atoms. The van der Waals surface area contributed by atoms with Crippen molar-refractivity contribution in [2.24, 2.45) is 11.1 Å². The van der Waals surface area contributed by atoms with Crippen molar-refractivity contribution in [3.8, 4) is 0 Å². The molecule has 0 radical (unpaired) electrons. The maximum absolute atomic E-state index is 6.11. The molecule has 2 unspecified atom stereocenters. The van der Waals surface area contributed by atoms with E-state index in [1.165, 1.54) is 32.1 Å². The summed E-state index contributed by atoms with van der Waals surface area (Å²) in [6.45, 7) is 7.29. The molecule has 1 heterocycles. The van der Waals surface area contributed by atoms with Gasteiger partial charge in [0.1, 0.15) is 0 Å². The number of nitrogens with two attached hydrogens (primary N) is 1. The maximum atomic E-state index is 6.11. The van der Waals surface area contributed by atoms with Crippen molar-refractivity contribution >= 4 is 0 Å². The second-order valence-electron chi connectivity index (χ2n) is 7.27. The summed E-state index contributed by atoms with van der Waals surface area (Å²) in [5, 5.41) is 4.10. The molecular formula is C18H32N4O2. The number of aromatic nitrogens is 2. The minimum absolute atomic E-state index is 0.306. The molecule has 0 aliphatic heterocycles. The predicted octanol–water partition coefficient (Wildman–Crippen LogP) is 2.87. The lowest BCUT2D eigenvalue weighted by Gasteiger charge is -2.60. The Labute approximate surface area is 145 Å². The van der Waals surface area contributed by atoms with Gasteiger partial charge in [-0.25, -0.2) is 0 Å². The third kappa shape index (κ3) is 3.37. The zero-order valence-corrected chi connectivity index (χ0v) is 15.2. The van der Waals surface area contributed by atoms with Crippen LogP contribution in [0.3, 0.4) is 0 Å². The van der Waals surface area contributed by atoms with Crippen LogP contribution in [-0.2, 0) is 17.8 Å². The van der Waals surface area contributed by atoms with E-state index in [9.17, 15) is 0 Å².